The second kappa shape index (κ2) is 4.48. The third kappa shape index (κ3) is 2.48. The standard InChI is InChI=1S/C15H12/c1-13(15-9-5-6-10-15)11-12-14-7-3-2-4-8-14/h2-10H,1H3. The van der Waals surface area contributed by atoms with E-state index in [1.165, 1.54) is 5.57 Å². The summed E-state index contributed by atoms with van der Waals surface area (Å²) in [5, 5.41) is 0. The zero-order valence-corrected chi connectivity index (χ0v) is 8.70. The Labute approximate surface area is 90.6 Å². The maximum absolute atomic E-state index is 3.17. The van der Waals surface area contributed by atoms with Crippen LogP contribution in [0.15, 0.2) is 65.8 Å². The van der Waals surface area contributed by atoms with E-state index < -0.39 is 0 Å². The Morgan fingerprint density at radius 2 is 1.67 bits per heavy atom. The van der Waals surface area contributed by atoms with Crippen LogP contribution >= 0.6 is 0 Å². The number of allylic oxidation sites excluding steroid dienone is 6. The molecule has 0 saturated heterocycles. The summed E-state index contributed by atoms with van der Waals surface area (Å²) in [6, 6.07) is 10.0. The molecule has 0 aliphatic heterocycles. The third-order valence-electron chi connectivity index (χ3n) is 2.26. The largest absolute Gasteiger partial charge is 0.0658 e. The van der Waals surface area contributed by atoms with Crippen LogP contribution in [0.25, 0.3) is 0 Å². The number of benzene rings is 1. The Morgan fingerprint density at radius 1 is 1.00 bits per heavy atom. The highest BCUT2D eigenvalue weighted by molar-refractivity contribution is 5.50. The first-order valence-electron chi connectivity index (χ1n) is 4.99. The zero-order valence-electron chi connectivity index (χ0n) is 8.70. The van der Waals surface area contributed by atoms with Crippen molar-refractivity contribution in [3.05, 3.63) is 71.3 Å². The molecule has 1 aromatic carbocycles. The van der Waals surface area contributed by atoms with Crippen molar-refractivity contribution in [2.45, 2.75) is 6.92 Å². The molecule has 0 heteroatoms. The van der Waals surface area contributed by atoms with Crippen LogP contribution in [0.1, 0.15) is 12.5 Å². The van der Waals surface area contributed by atoms with Crippen LogP contribution in [-0.2, 0) is 0 Å². The highest BCUT2D eigenvalue weighted by atomic mass is 14.0. The lowest BCUT2D eigenvalue weighted by atomic mass is 10.1. The first-order valence-corrected chi connectivity index (χ1v) is 4.99. The molecule has 1 aliphatic rings. The van der Waals surface area contributed by atoms with Gasteiger partial charge in [0.05, 0.1) is 0 Å². The summed E-state index contributed by atoms with van der Waals surface area (Å²) in [6.45, 7) is 2.05. The van der Waals surface area contributed by atoms with Gasteiger partial charge >= 0.3 is 0 Å². The van der Waals surface area contributed by atoms with Crippen LogP contribution in [0.5, 0.6) is 0 Å². The fraction of sp³-hybridized carbons (Fsp3) is 0.0667. The Balaban J connectivity index is 2.23. The summed E-state index contributed by atoms with van der Waals surface area (Å²) in [4.78, 5) is 0. The molecule has 72 valence electrons. The Morgan fingerprint density at radius 3 is 2.33 bits per heavy atom. The molecule has 0 fully saturated rings. The SMILES string of the molecule is CC(C#Cc1ccccc1)=C1C=CC=C1. The zero-order chi connectivity index (χ0) is 10.5. The van der Waals surface area contributed by atoms with E-state index in [9.17, 15) is 0 Å². The smallest absolute Gasteiger partial charge is 0.0248 e. The van der Waals surface area contributed by atoms with E-state index in [2.05, 4.69) is 24.0 Å². The monoisotopic (exact) mass is 192 g/mol. The highest BCUT2D eigenvalue weighted by Crippen LogP contribution is 2.12. The van der Waals surface area contributed by atoms with Crippen molar-refractivity contribution < 1.29 is 0 Å². The molecule has 0 N–H and O–H groups in total. The van der Waals surface area contributed by atoms with Gasteiger partial charge in [-0.25, -0.2) is 0 Å². The number of hydrogen-bond donors (Lipinski definition) is 0. The average Bonchev–Trinajstić information content (AvgIpc) is 2.81. The molecule has 1 aliphatic carbocycles. The molecule has 0 radical (unpaired) electrons. The predicted molar refractivity (Wildman–Crippen MR) is 64.3 cm³/mol. The van der Waals surface area contributed by atoms with Gasteiger partial charge in [0, 0.05) is 11.1 Å². The van der Waals surface area contributed by atoms with Gasteiger partial charge in [-0.15, -0.1) is 0 Å². The van der Waals surface area contributed by atoms with Crippen LogP contribution < -0.4 is 0 Å². The molecule has 0 atom stereocenters. The molecule has 0 nitrogen and oxygen atoms in total. The summed E-state index contributed by atoms with van der Waals surface area (Å²) in [6.07, 6.45) is 8.22. The van der Waals surface area contributed by atoms with Gasteiger partial charge in [0.15, 0.2) is 0 Å². The fourth-order valence-electron chi connectivity index (χ4n) is 1.38. The average molecular weight is 192 g/mol. The lowest BCUT2D eigenvalue weighted by Crippen LogP contribution is -1.77. The molecule has 0 spiro atoms. The third-order valence-corrected chi connectivity index (χ3v) is 2.26. The molecule has 0 amide bonds. The van der Waals surface area contributed by atoms with Gasteiger partial charge in [-0.1, -0.05) is 54.3 Å². The predicted octanol–water partition coefficient (Wildman–Crippen LogP) is 3.48. The van der Waals surface area contributed by atoms with Crippen molar-refractivity contribution in [2.75, 3.05) is 0 Å². The Kier molecular flexibility index (Phi) is 2.85. The Hall–Kier alpha value is -2.00. The summed E-state index contributed by atoms with van der Waals surface area (Å²) < 4.78 is 0. The van der Waals surface area contributed by atoms with Crippen LogP contribution in [0.2, 0.25) is 0 Å². The first kappa shape index (κ1) is 9.55. The van der Waals surface area contributed by atoms with Crippen LogP contribution in [-0.4, -0.2) is 0 Å². The molecule has 2 rings (SSSR count). The molecule has 0 saturated carbocycles. The lowest BCUT2D eigenvalue weighted by Gasteiger charge is -1.92. The maximum Gasteiger partial charge on any atom is 0.0248 e. The molecule has 0 aromatic heterocycles. The van der Waals surface area contributed by atoms with Gasteiger partial charge in [0.1, 0.15) is 0 Å². The summed E-state index contributed by atoms with van der Waals surface area (Å²) in [7, 11) is 0. The van der Waals surface area contributed by atoms with Gasteiger partial charge in [-0.2, -0.15) is 0 Å². The minimum atomic E-state index is 1.06. The normalized spacial score (nSPS) is 12.5. The molecule has 1 aromatic rings. The van der Waals surface area contributed by atoms with Gasteiger partial charge in [0.25, 0.3) is 0 Å². The van der Waals surface area contributed by atoms with E-state index >= 15 is 0 Å². The van der Waals surface area contributed by atoms with Crippen molar-refractivity contribution in [3.63, 3.8) is 0 Å². The minimum absolute atomic E-state index is 1.06. The molecule has 0 unspecified atom stereocenters. The first-order chi connectivity index (χ1) is 7.36. The van der Waals surface area contributed by atoms with E-state index in [0.717, 1.165) is 11.1 Å². The molecular formula is C15H12. The second-order valence-corrected chi connectivity index (χ2v) is 3.41. The van der Waals surface area contributed by atoms with Gasteiger partial charge in [-0.05, 0) is 24.6 Å². The molecule has 0 bridgehead atoms. The summed E-state index contributed by atoms with van der Waals surface area (Å²) >= 11 is 0. The quantitative estimate of drug-likeness (QED) is 0.552. The van der Waals surface area contributed by atoms with E-state index in [1.807, 2.05) is 49.4 Å². The van der Waals surface area contributed by atoms with Crippen LogP contribution in [0.4, 0.5) is 0 Å². The molecular weight excluding hydrogens is 180 g/mol. The minimum Gasteiger partial charge on any atom is -0.0658 e. The molecule has 0 heterocycles. The maximum atomic E-state index is 3.17. The highest BCUT2D eigenvalue weighted by Gasteiger charge is 1.94. The van der Waals surface area contributed by atoms with Crippen molar-refractivity contribution in [1.82, 2.24) is 0 Å². The van der Waals surface area contributed by atoms with Crippen LogP contribution in [0, 0.1) is 11.8 Å². The van der Waals surface area contributed by atoms with Crippen molar-refractivity contribution in [3.8, 4) is 11.8 Å². The van der Waals surface area contributed by atoms with Gasteiger partial charge in [-0.3, -0.25) is 0 Å². The molecule has 15 heavy (non-hydrogen) atoms. The van der Waals surface area contributed by atoms with Gasteiger partial charge in [0.2, 0.25) is 0 Å². The lowest BCUT2D eigenvalue weighted by molar-refractivity contribution is 1.50. The van der Waals surface area contributed by atoms with E-state index in [0.29, 0.717) is 0 Å². The van der Waals surface area contributed by atoms with Gasteiger partial charge < -0.3 is 0 Å². The van der Waals surface area contributed by atoms with Crippen molar-refractivity contribution in [1.29, 1.82) is 0 Å². The summed E-state index contributed by atoms with van der Waals surface area (Å²) in [5.41, 5.74) is 3.38. The second-order valence-electron chi connectivity index (χ2n) is 3.41. The van der Waals surface area contributed by atoms with Crippen molar-refractivity contribution in [2.24, 2.45) is 0 Å². The summed E-state index contributed by atoms with van der Waals surface area (Å²) in [5.74, 6) is 6.31. The van der Waals surface area contributed by atoms with E-state index in [4.69, 9.17) is 0 Å². The number of rotatable bonds is 0. The Bertz CT molecular complexity index is 474. The fourth-order valence-corrected chi connectivity index (χ4v) is 1.38. The van der Waals surface area contributed by atoms with E-state index in [-0.39, 0.29) is 0 Å². The van der Waals surface area contributed by atoms with Crippen LogP contribution in [0.3, 0.4) is 0 Å². The number of hydrogen-bond acceptors (Lipinski definition) is 0. The van der Waals surface area contributed by atoms with Crippen molar-refractivity contribution >= 4 is 0 Å². The topological polar surface area (TPSA) is 0 Å². The van der Waals surface area contributed by atoms with E-state index in [1.54, 1.807) is 0 Å².